The van der Waals surface area contributed by atoms with E-state index in [1.54, 1.807) is 0 Å². The average molecular weight is 287 g/mol. The minimum absolute atomic E-state index is 0.153. The fourth-order valence-electron chi connectivity index (χ4n) is 1.62. The number of alkyl halides is 1. The van der Waals surface area contributed by atoms with Crippen LogP contribution < -0.4 is 0 Å². The Morgan fingerprint density at radius 2 is 1.24 bits per heavy atom. The van der Waals surface area contributed by atoms with Crippen LogP contribution in [0.2, 0.25) is 0 Å². The molecule has 0 aliphatic carbocycles. The lowest BCUT2D eigenvalue weighted by atomic mass is 10.1. The number of phosphoric ester groups is 1. The molecule has 0 spiro atoms. The zero-order valence-electron chi connectivity index (χ0n) is 10.3. The van der Waals surface area contributed by atoms with Crippen molar-refractivity contribution in [2.45, 2.75) is 57.8 Å². The summed E-state index contributed by atoms with van der Waals surface area (Å²) in [6.45, 7) is 0.153. The summed E-state index contributed by atoms with van der Waals surface area (Å²) in [4.78, 5) is 16.9. The second-order valence-electron chi connectivity index (χ2n) is 4.19. The summed E-state index contributed by atoms with van der Waals surface area (Å²) in [6.07, 6.45) is 10.1. The van der Waals surface area contributed by atoms with Crippen molar-refractivity contribution in [2.75, 3.05) is 12.5 Å². The molecule has 4 nitrogen and oxygen atoms in total. The van der Waals surface area contributed by atoms with E-state index in [-0.39, 0.29) is 6.61 Å². The largest absolute Gasteiger partial charge is 0.469 e. The van der Waals surface area contributed by atoms with Crippen LogP contribution in [0.15, 0.2) is 0 Å². The molecule has 0 aliphatic heterocycles. The maximum atomic E-state index is 10.4. The van der Waals surface area contributed by atoms with Crippen molar-refractivity contribution in [1.29, 1.82) is 0 Å². The van der Waals surface area contributed by atoms with Crippen LogP contribution in [-0.2, 0) is 9.09 Å². The van der Waals surface area contributed by atoms with Crippen LogP contribution in [0.25, 0.3) is 0 Å². The van der Waals surface area contributed by atoms with E-state index in [1.807, 2.05) is 0 Å². The smallest absolute Gasteiger partial charge is 0.303 e. The Morgan fingerprint density at radius 3 is 1.65 bits per heavy atom. The summed E-state index contributed by atoms with van der Waals surface area (Å²) in [6, 6.07) is 0. The predicted octanol–water partition coefficient (Wildman–Crippen LogP) is 3.85. The highest BCUT2D eigenvalue weighted by Crippen LogP contribution is 2.35. The predicted molar refractivity (Wildman–Crippen MR) is 70.3 cm³/mol. The number of rotatable bonds is 12. The average Bonchev–Trinajstić information content (AvgIpc) is 2.24. The van der Waals surface area contributed by atoms with Crippen LogP contribution in [0, 0.1) is 0 Å². The minimum atomic E-state index is -4.25. The van der Waals surface area contributed by atoms with E-state index in [9.17, 15) is 4.57 Å². The molecule has 17 heavy (non-hydrogen) atoms. The lowest BCUT2D eigenvalue weighted by Crippen LogP contribution is -1.92. The van der Waals surface area contributed by atoms with Gasteiger partial charge < -0.3 is 9.79 Å². The number of phosphoric acid groups is 1. The minimum Gasteiger partial charge on any atom is -0.303 e. The van der Waals surface area contributed by atoms with Gasteiger partial charge in [-0.15, -0.1) is 11.6 Å². The maximum Gasteiger partial charge on any atom is 0.469 e. The molecule has 0 aromatic carbocycles. The summed E-state index contributed by atoms with van der Waals surface area (Å²) < 4.78 is 14.7. The Balaban J connectivity index is 3.01. The van der Waals surface area contributed by atoms with Crippen molar-refractivity contribution in [3.05, 3.63) is 0 Å². The molecule has 0 aromatic rings. The molecular formula is C11H24ClO4P. The van der Waals surface area contributed by atoms with Crippen LogP contribution in [0.5, 0.6) is 0 Å². The monoisotopic (exact) mass is 286 g/mol. The maximum absolute atomic E-state index is 10.4. The fourth-order valence-corrected chi connectivity index (χ4v) is 2.17. The van der Waals surface area contributed by atoms with E-state index in [0.717, 1.165) is 31.6 Å². The van der Waals surface area contributed by atoms with Crippen molar-refractivity contribution in [2.24, 2.45) is 0 Å². The van der Waals surface area contributed by atoms with Crippen molar-refractivity contribution in [3.63, 3.8) is 0 Å². The highest BCUT2D eigenvalue weighted by molar-refractivity contribution is 7.46. The van der Waals surface area contributed by atoms with E-state index >= 15 is 0 Å². The second-order valence-corrected chi connectivity index (χ2v) is 5.81. The number of hydrogen-bond donors (Lipinski definition) is 2. The third kappa shape index (κ3) is 16.4. The molecule has 0 atom stereocenters. The first-order valence-electron chi connectivity index (χ1n) is 6.32. The summed E-state index contributed by atoms with van der Waals surface area (Å²) in [5.74, 6) is 0.763. The van der Waals surface area contributed by atoms with E-state index < -0.39 is 7.82 Å². The molecule has 6 heteroatoms. The number of unbranched alkanes of at least 4 members (excludes halogenated alkanes) is 8. The first-order chi connectivity index (χ1) is 8.06. The molecule has 0 unspecified atom stereocenters. The molecule has 104 valence electrons. The van der Waals surface area contributed by atoms with Gasteiger partial charge >= 0.3 is 7.82 Å². The molecule has 0 saturated heterocycles. The molecule has 0 bridgehead atoms. The van der Waals surface area contributed by atoms with E-state index in [1.165, 1.54) is 32.1 Å². The SMILES string of the molecule is O=P(O)(O)OCCCCCCCCCCCCl. The summed E-state index contributed by atoms with van der Waals surface area (Å²) in [5, 5.41) is 0. The number of hydrogen-bond acceptors (Lipinski definition) is 2. The highest BCUT2D eigenvalue weighted by atomic mass is 35.5. The highest BCUT2D eigenvalue weighted by Gasteiger charge is 2.12. The quantitative estimate of drug-likeness (QED) is 0.325. The van der Waals surface area contributed by atoms with Crippen molar-refractivity contribution in [1.82, 2.24) is 0 Å². The van der Waals surface area contributed by atoms with E-state index in [4.69, 9.17) is 21.4 Å². The molecule has 0 rings (SSSR count). The Kier molecular flexibility index (Phi) is 11.8. The molecule has 0 saturated carbocycles. The van der Waals surface area contributed by atoms with Crippen molar-refractivity contribution in [3.8, 4) is 0 Å². The van der Waals surface area contributed by atoms with Gasteiger partial charge in [0.25, 0.3) is 0 Å². The molecule has 0 aromatic heterocycles. The summed E-state index contributed by atoms with van der Waals surface area (Å²) >= 11 is 5.58. The first kappa shape index (κ1) is 17.4. The third-order valence-electron chi connectivity index (χ3n) is 2.54. The molecule has 0 radical (unpaired) electrons. The normalized spacial score (nSPS) is 11.9. The third-order valence-corrected chi connectivity index (χ3v) is 3.32. The summed E-state index contributed by atoms with van der Waals surface area (Å²) in [7, 11) is -4.25. The Morgan fingerprint density at radius 1 is 0.824 bits per heavy atom. The van der Waals surface area contributed by atoms with Crippen molar-refractivity contribution >= 4 is 19.4 Å². The first-order valence-corrected chi connectivity index (χ1v) is 8.39. The fraction of sp³-hybridized carbons (Fsp3) is 1.00. The molecule has 0 amide bonds. The van der Waals surface area contributed by atoms with Gasteiger partial charge in [-0.2, -0.15) is 0 Å². The van der Waals surface area contributed by atoms with Gasteiger partial charge in [-0.25, -0.2) is 4.57 Å². The lowest BCUT2D eigenvalue weighted by molar-refractivity contribution is 0.193. The Bertz CT molecular complexity index is 208. The van der Waals surface area contributed by atoms with Gasteiger partial charge in [0.15, 0.2) is 0 Å². The molecule has 0 heterocycles. The van der Waals surface area contributed by atoms with Gasteiger partial charge in [0, 0.05) is 5.88 Å². The van der Waals surface area contributed by atoms with Gasteiger partial charge in [-0.3, -0.25) is 4.52 Å². The van der Waals surface area contributed by atoms with Crippen LogP contribution in [0.1, 0.15) is 57.8 Å². The Hall–Kier alpha value is 0.400. The van der Waals surface area contributed by atoms with Crippen LogP contribution in [0.4, 0.5) is 0 Å². The number of halogens is 1. The van der Waals surface area contributed by atoms with Gasteiger partial charge in [0.05, 0.1) is 6.61 Å². The summed E-state index contributed by atoms with van der Waals surface area (Å²) in [5.41, 5.74) is 0. The molecule has 2 N–H and O–H groups in total. The standard InChI is InChI=1S/C11H24ClO4P/c12-10-8-6-4-2-1-3-5-7-9-11-16-17(13,14)15/h1-11H2,(H2,13,14,15). The van der Waals surface area contributed by atoms with Gasteiger partial charge in [0.2, 0.25) is 0 Å². The van der Waals surface area contributed by atoms with Gasteiger partial charge in [0.1, 0.15) is 0 Å². The van der Waals surface area contributed by atoms with E-state index in [2.05, 4.69) is 4.52 Å². The molecule has 0 aliphatic rings. The van der Waals surface area contributed by atoms with Crippen LogP contribution in [-0.4, -0.2) is 22.3 Å². The zero-order valence-corrected chi connectivity index (χ0v) is 12.0. The van der Waals surface area contributed by atoms with Gasteiger partial charge in [-0.1, -0.05) is 44.9 Å². The van der Waals surface area contributed by atoms with Crippen LogP contribution in [0.3, 0.4) is 0 Å². The van der Waals surface area contributed by atoms with Crippen LogP contribution >= 0.6 is 19.4 Å². The van der Waals surface area contributed by atoms with Gasteiger partial charge in [-0.05, 0) is 12.8 Å². The topological polar surface area (TPSA) is 66.8 Å². The Labute approximate surface area is 109 Å². The lowest BCUT2D eigenvalue weighted by Gasteiger charge is -2.04. The van der Waals surface area contributed by atoms with Crippen molar-refractivity contribution < 1.29 is 18.9 Å². The zero-order chi connectivity index (χ0) is 13.0. The second kappa shape index (κ2) is 11.5. The molecular weight excluding hydrogens is 263 g/mol. The van der Waals surface area contributed by atoms with E-state index in [0.29, 0.717) is 0 Å². The molecule has 0 fully saturated rings.